The van der Waals surface area contributed by atoms with Crippen LogP contribution in [0.1, 0.15) is 33.1 Å². The smallest absolute Gasteiger partial charge is 0.0235 e. The van der Waals surface area contributed by atoms with Crippen LogP contribution in [0.2, 0.25) is 0 Å². The summed E-state index contributed by atoms with van der Waals surface area (Å²) in [5.41, 5.74) is 0. The second-order valence-electron chi connectivity index (χ2n) is 5.41. The van der Waals surface area contributed by atoms with Crippen LogP contribution in [0, 0.1) is 11.8 Å². The van der Waals surface area contributed by atoms with Crippen LogP contribution in [-0.2, 0) is 0 Å². The number of nitrogens with zero attached hydrogens (tertiary/aromatic N) is 1. The average molecular weight is 196 g/mol. The molecule has 2 rings (SSSR count). The molecule has 0 spiro atoms. The zero-order valence-corrected chi connectivity index (χ0v) is 9.63. The Hall–Kier alpha value is -0.0800. The Balaban J connectivity index is 1.75. The highest BCUT2D eigenvalue weighted by atomic mass is 15.2. The van der Waals surface area contributed by atoms with Crippen molar-refractivity contribution in [3.8, 4) is 0 Å². The molecule has 0 aromatic carbocycles. The van der Waals surface area contributed by atoms with Gasteiger partial charge in [0.1, 0.15) is 0 Å². The van der Waals surface area contributed by atoms with Crippen LogP contribution in [0.25, 0.3) is 0 Å². The Kier molecular flexibility index (Phi) is 3.45. The van der Waals surface area contributed by atoms with Crippen LogP contribution in [-0.4, -0.2) is 37.1 Å². The normalized spacial score (nSPS) is 33.6. The second kappa shape index (κ2) is 4.63. The maximum absolute atomic E-state index is 3.66. The molecule has 2 heteroatoms. The minimum atomic E-state index is 0.816. The number of hydrogen-bond donors (Lipinski definition) is 1. The lowest BCUT2D eigenvalue weighted by Crippen LogP contribution is -2.40. The molecule has 0 radical (unpaired) electrons. The van der Waals surface area contributed by atoms with Crippen LogP contribution in [0.5, 0.6) is 0 Å². The topological polar surface area (TPSA) is 15.3 Å². The molecule has 2 nitrogen and oxygen atoms in total. The molecule has 2 saturated heterocycles. The molecule has 2 unspecified atom stereocenters. The third-order valence-electron chi connectivity index (χ3n) is 3.70. The summed E-state index contributed by atoms with van der Waals surface area (Å²) in [5.74, 6) is 1.81. The summed E-state index contributed by atoms with van der Waals surface area (Å²) < 4.78 is 0. The number of likely N-dealkylation sites (tertiary alicyclic amines) is 1. The summed E-state index contributed by atoms with van der Waals surface area (Å²) in [6.07, 6.45) is 4.20. The van der Waals surface area contributed by atoms with Crippen molar-refractivity contribution in [3.05, 3.63) is 0 Å². The van der Waals surface area contributed by atoms with E-state index >= 15 is 0 Å². The maximum atomic E-state index is 3.66. The molecule has 0 aliphatic carbocycles. The number of nitrogens with one attached hydrogen (secondary N) is 1. The van der Waals surface area contributed by atoms with Crippen molar-refractivity contribution < 1.29 is 0 Å². The van der Waals surface area contributed by atoms with E-state index in [4.69, 9.17) is 0 Å². The van der Waals surface area contributed by atoms with E-state index in [0.717, 1.165) is 17.9 Å². The van der Waals surface area contributed by atoms with E-state index in [1.54, 1.807) is 0 Å². The van der Waals surface area contributed by atoms with E-state index in [1.807, 2.05) is 0 Å². The standard InChI is InChI=1S/C12H24N2/c1-10(2)5-7-14-8-11-4-3-6-13-12(11)9-14/h10-13H,3-9H2,1-2H3. The molecule has 2 fully saturated rings. The van der Waals surface area contributed by atoms with Crippen molar-refractivity contribution in [3.63, 3.8) is 0 Å². The van der Waals surface area contributed by atoms with Gasteiger partial charge < -0.3 is 10.2 Å². The van der Waals surface area contributed by atoms with Gasteiger partial charge in [-0.15, -0.1) is 0 Å². The van der Waals surface area contributed by atoms with Gasteiger partial charge in [-0.1, -0.05) is 13.8 Å². The molecule has 2 aliphatic rings. The van der Waals surface area contributed by atoms with Gasteiger partial charge in [-0.2, -0.15) is 0 Å². The third-order valence-corrected chi connectivity index (χ3v) is 3.70. The first-order chi connectivity index (χ1) is 6.75. The summed E-state index contributed by atoms with van der Waals surface area (Å²) in [6, 6.07) is 0.816. The summed E-state index contributed by atoms with van der Waals surface area (Å²) >= 11 is 0. The Morgan fingerprint density at radius 2 is 2.21 bits per heavy atom. The molecule has 0 aromatic heterocycles. The average Bonchev–Trinajstić information content (AvgIpc) is 2.57. The first-order valence-electron chi connectivity index (χ1n) is 6.21. The van der Waals surface area contributed by atoms with Crippen molar-refractivity contribution in [2.24, 2.45) is 11.8 Å². The van der Waals surface area contributed by atoms with Crippen LogP contribution in [0.3, 0.4) is 0 Å². The SMILES string of the molecule is CC(C)CCN1CC2CCCNC2C1. The molecule has 0 bridgehead atoms. The van der Waals surface area contributed by atoms with Crippen LogP contribution >= 0.6 is 0 Å². The summed E-state index contributed by atoms with van der Waals surface area (Å²) in [4.78, 5) is 2.66. The highest BCUT2D eigenvalue weighted by Gasteiger charge is 2.33. The fourth-order valence-electron chi connectivity index (χ4n) is 2.76. The molecular formula is C12H24N2. The Morgan fingerprint density at radius 1 is 1.36 bits per heavy atom. The Labute approximate surface area is 88.1 Å². The molecule has 2 heterocycles. The molecule has 1 N–H and O–H groups in total. The van der Waals surface area contributed by atoms with Gasteiger partial charge in [0.2, 0.25) is 0 Å². The van der Waals surface area contributed by atoms with Crippen molar-refractivity contribution in [1.82, 2.24) is 10.2 Å². The van der Waals surface area contributed by atoms with Crippen molar-refractivity contribution in [1.29, 1.82) is 0 Å². The molecule has 0 aromatic rings. The van der Waals surface area contributed by atoms with Gasteiger partial charge in [0.05, 0.1) is 0 Å². The van der Waals surface area contributed by atoms with Gasteiger partial charge in [-0.05, 0) is 44.2 Å². The fraction of sp³-hybridized carbons (Fsp3) is 1.00. The monoisotopic (exact) mass is 196 g/mol. The van der Waals surface area contributed by atoms with Gasteiger partial charge in [0.25, 0.3) is 0 Å². The largest absolute Gasteiger partial charge is 0.312 e. The predicted octanol–water partition coefficient (Wildman–Crippen LogP) is 1.72. The van der Waals surface area contributed by atoms with E-state index in [2.05, 4.69) is 24.1 Å². The molecule has 2 aliphatic heterocycles. The quantitative estimate of drug-likeness (QED) is 0.739. The van der Waals surface area contributed by atoms with E-state index < -0.39 is 0 Å². The number of fused-ring (bicyclic) bond motifs is 1. The molecular weight excluding hydrogens is 172 g/mol. The summed E-state index contributed by atoms with van der Waals surface area (Å²) in [6.45, 7) is 9.86. The van der Waals surface area contributed by atoms with Crippen molar-refractivity contribution in [2.75, 3.05) is 26.2 Å². The van der Waals surface area contributed by atoms with Crippen LogP contribution in [0.15, 0.2) is 0 Å². The minimum absolute atomic E-state index is 0.816. The van der Waals surface area contributed by atoms with Gasteiger partial charge >= 0.3 is 0 Å². The molecule has 0 amide bonds. The molecule has 2 atom stereocenters. The predicted molar refractivity (Wildman–Crippen MR) is 60.4 cm³/mol. The third kappa shape index (κ3) is 2.48. The van der Waals surface area contributed by atoms with Crippen molar-refractivity contribution >= 4 is 0 Å². The highest BCUT2D eigenvalue weighted by molar-refractivity contribution is 4.91. The van der Waals surface area contributed by atoms with Gasteiger partial charge in [0.15, 0.2) is 0 Å². The van der Waals surface area contributed by atoms with E-state index in [9.17, 15) is 0 Å². The molecule has 14 heavy (non-hydrogen) atoms. The van der Waals surface area contributed by atoms with E-state index in [0.29, 0.717) is 0 Å². The maximum Gasteiger partial charge on any atom is 0.0235 e. The zero-order valence-electron chi connectivity index (χ0n) is 9.63. The first kappa shape index (κ1) is 10.4. The fourth-order valence-corrected chi connectivity index (χ4v) is 2.76. The number of hydrogen-bond acceptors (Lipinski definition) is 2. The summed E-state index contributed by atoms with van der Waals surface area (Å²) in [7, 11) is 0. The number of piperidine rings is 1. The van der Waals surface area contributed by atoms with Gasteiger partial charge in [0, 0.05) is 19.1 Å². The highest BCUT2D eigenvalue weighted by Crippen LogP contribution is 2.25. The molecule has 0 saturated carbocycles. The number of rotatable bonds is 3. The second-order valence-corrected chi connectivity index (χ2v) is 5.41. The van der Waals surface area contributed by atoms with E-state index in [-0.39, 0.29) is 0 Å². The van der Waals surface area contributed by atoms with E-state index in [1.165, 1.54) is 45.4 Å². The lowest BCUT2D eigenvalue weighted by atomic mass is 9.94. The van der Waals surface area contributed by atoms with Crippen LogP contribution < -0.4 is 5.32 Å². The Morgan fingerprint density at radius 3 is 2.93 bits per heavy atom. The lowest BCUT2D eigenvalue weighted by Gasteiger charge is -2.24. The van der Waals surface area contributed by atoms with Gasteiger partial charge in [-0.25, -0.2) is 0 Å². The first-order valence-corrected chi connectivity index (χ1v) is 6.21. The van der Waals surface area contributed by atoms with Crippen molar-refractivity contribution in [2.45, 2.75) is 39.2 Å². The minimum Gasteiger partial charge on any atom is -0.312 e. The molecule has 82 valence electrons. The zero-order chi connectivity index (χ0) is 9.97. The summed E-state index contributed by atoms with van der Waals surface area (Å²) in [5, 5.41) is 3.66. The lowest BCUT2D eigenvalue weighted by molar-refractivity contribution is 0.299. The Bertz CT molecular complexity index is 165. The van der Waals surface area contributed by atoms with Gasteiger partial charge in [-0.3, -0.25) is 0 Å². The van der Waals surface area contributed by atoms with Crippen LogP contribution in [0.4, 0.5) is 0 Å².